The highest BCUT2D eigenvalue weighted by atomic mass is 35.5. The molecule has 4 nitrogen and oxygen atoms in total. The van der Waals surface area contributed by atoms with E-state index in [4.69, 9.17) is 16.3 Å². The summed E-state index contributed by atoms with van der Waals surface area (Å²) in [6.07, 6.45) is 2.80. The molecule has 2 heterocycles. The van der Waals surface area contributed by atoms with Gasteiger partial charge < -0.3 is 15.2 Å². The van der Waals surface area contributed by atoms with Crippen molar-refractivity contribution >= 4 is 22.5 Å². The first kappa shape index (κ1) is 18.4. The average Bonchev–Trinajstić information content (AvgIpc) is 2.53. The zero-order chi connectivity index (χ0) is 18.2. The van der Waals surface area contributed by atoms with Gasteiger partial charge in [0, 0.05) is 10.9 Å². The minimum Gasteiger partial charge on any atom is -0.485 e. The Morgan fingerprint density at radius 2 is 2.04 bits per heavy atom. The van der Waals surface area contributed by atoms with Crippen LogP contribution in [-0.2, 0) is 0 Å². The fourth-order valence-corrected chi connectivity index (χ4v) is 3.75. The number of fused-ring (bicyclic) bond motifs is 2. The molecule has 2 aromatic rings. The van der Waals surface area contributed by atoms with E-state index in [1.54, 1.807) is 0 Å². The van der Waals surface area contributed by atoms with Crippen LogP contribution in [0.3, 0.4) is 0 Å². The number of unbranched alkanes of at least 4 members (excludes halogenated alkanes) is 2. The Bertz CT molecular complexity index is 776. The second kappa shape index (κ2) is 7.10. The topological polar surface area (TPSA) is 54.4 Å². The Morgan fingerprint density at radius 3 is 2.76 bits per heavy atom. The molecule has 0 radical (unpaired) electrons. The maximum absolute atomic E-state index is 10.8. The van der Waals surface area contributed by atoms with E-state index >= 15 is 0 Å². The van der Waals surface area contributed by atoms with Crippen molar-refractivity contribution in [3.63, 3.8) is 0 Å². The minimum atomic E-state index is -0.656. The van der Waals surface area contributed by atoms with Gasteiger partial charge in [0.05, 0.1) is 11.6 Å². The molecular formula is C20H27ClN2O2. The number of ether oxygens (including phenoxy) is 1. The van der Waals surface area contributed by atoms with E-state index in [0.717, 1.165) is 40.7 Å². The summed E-state index contributed by atoms with van der Waals surface area (Å²) in [6, 6.07) is 5.71. The molecule has 1 aromatic carbocycles. The molecule has 0 saturated carbocycles. The first-order valence-electron chi connectivity index (χ1n) is 9.04. The monoisotopic (exact) mass is 362 g/mol. The lowest BCUT2D eigenvalue weighted by Gasteiger charge is -2.42. The van der Waals surface area contributed by atoms with Crippen molar-refractivity contribution in [3.05, 3.63) is 34.5 Å². The average molecular weight is 363 g/mol. The van der Waals surface area contributed by atoms with Crippen LogP contribution in [-0.4, -0.2) is 28.3 Å². The molecule has 2 atom stereocenters. The smallest absolute Gasteiger partial charge is 0.131 e. The lowest BCUT2D eigenvalue weighted by atomic mass is 9.85. The SMILES string of the molecule is CCCCCNC1c2cc3nc(Cl)cc(C)c3cc2OC(C)(C)C1O. The van der Waals surface area contributed by atoms with Crippen LogP contribution in [0, 0.1) is 6.92 Å². The number of nitrogens with one attached hydrogen (secondary N) is 1. The quantitative estimate of drug-likeness (QED) is 0.605. The van der Waals surface area contributed by atoms with E-state index < -0.39 is 11.7 Å². The molecule has 25 heavy (non-hydrogen) atoms. The number of benzene rings is 1. The lowest BCUT2D eigenvalue weighted by Crippen LogP contribution is -2.52. The highest BCUT2D eigenvalue weighted by Gasteiger charge is 2.42. The summed E-state index contributed by atoms with van der Waals surface area (Å²) >= 11 is 6.13. The predicted octanol–water partition coefficient (Wildman–Crippen LogP) is 4.55. The van der Waals surface area contributed by atoms with Crippen LogP contribution >= 0.6 is 11.6 Å². The number of aryl methyl sites for hydroxylation is 1. The van der Waals surface area contributed by atoms with Gasteiger partial charge >= 0.3 is 0 Å². The van der Waals surface area contributed by atoms with Gasteiger partial charge in [-0.3, -0.25) is 0 Å². The summed E-state index contributed by atoms with van der Waals surface area (Å²) in [6.45, 7) is 8.93. The van der Waals surface area contributed by atoms with Gasteiger partial charge in [0.25, 0.3) is 0 Å². The number of hydrogen-bond acceptors (Lipinski definition) is 4. The van der Waals surface area contributed by atoms with Crippen molar-refractivity contribution in [1.82, 2.24) is 10.3 Å². The molecule has 1 aromatic heterocycles. The third-order valence-electron chi connectivity index (χ3n) is 5.00. The van der Waals surface area contributed by atoms with E-state index in [1.807, 2.05) is 39.0 Å². The lowest BCUT2D eigenvalue weighted by molar-refractivity contribution is -0.0643. The predicted molar refractivity (Wildman–Crippen MR) is 102 cm³/mol. The Kier molecular flexibility index (Phi) is 5.24. The van der Waals surface area contributed by atoms with Gasteiger partial charge in [-0.05, 0) is 57.5 Å². The van der Waals surface area contributed by atoms with E-state index in [2.05, 4.69) is 17.2 Å². The summed E-state index contributed by atoms with van der Waals surface area (Å²) in [5.74, 6) is 0.808. The number of rotatable bonds is 5. The fraction of sp³-hybridized carbons (Fsp3) is 0.550. The van der Waals surface area contributed by atoms with E-state index in [1.165, 1.54) is 12.8 Å². The number of halogens is 1. The number of hydrogen-bond donors (Lipinski definition) is 2. The summed E-state index contributed by atoms with van der Waals surface area (Å²) in [4.78, 5) is 4.45. The number of aromatic nitrogens is 1. The summed E-state index contributed by atoms with van der Waals surface area (Å²) in [5, 5.41) is 15.9. The van der Waals surface area contributed by atoms with Gasteiger partial charge in [-0.25, -0.2) is 4.98 Å². The van der Waals surface area contributed by atoms with Gasteiger partial charge in [0.1, 0.15) is 22.6 Å². The summed E-state index contributed by atoms with van der Waals surface area (Å²) in [5.41, 5.74) is 2.19. The molecule has 0 aliphatic carbocycles. The first-order chi connectivity index (χ1) is 11.8. The molecule has 5 heteroatoms. The van der Waals surface area contributed by atoms with Gasteiger partial charge in [0.15, 0.2) is 0 Å². The maximum Gasteiger partial charge on any atom is 0.131 e. The van der Waals surface area contributed by atoms with Crippen LogP contribution in [0.1, 0.15) is 57.2 Å². The Labute approximate surface area is 154 Å². The first-order valence-corrected chi connectivity index (χ1v) is 9.42. The maximum atomic E-state index is 10.8. The van der Waals surface area contributed by atoms with Crippen molar-refractivity contribution < 1.29 is 9.84 Å². The summed E-state index contributed by atoms with van der Waals surface area (Å²) in [7, 11) is 0. The molecule has 0 amide bonds. The van der Waals surface area contributed by atoms with Crippen molar-refractivity contribution in [3.8, 4) is 5.75 Å². The normalized spacial score (nSPS) is 21.8. The molecule has 0 spiro atoms. The van der Waals surface area contributed by atoms with Crippen molar-refractivity contribution in [2.75, 3.05) is 6.54 Å². The number of pyridine rings is 1. The zero-order valence-corrected chi connectivity index (χ0v) is 16.2. The fourth-order valence-electron chi connectivity index (χ4n) is 3.50. The molecule has 3 rings (SSSR count). The van der Waals surface area contributed by atoms with Crippen LogP contribution in [0.4, 0.5) is 0 Å². The molecule has 1 aliphatic rings. The third-order valence-corrected chi connectivity index (χ3v) is 5.19. The minimum absolute atomic E-state index is 0.180. The standard InChI is InChI=1S/C20H27ClN2O2/c1-5-6-7-8-22-18-14-10-15-13(12(2)9-17(21)23-15)11-16(14)25-20(3,4)19(18)24/h9-11,18-19,22,24H,5-8H2,1-4H3. The van der Waals surface area contributed by atoms with E-state index in [-0.39, 0.29) is 6.04 Å². The Hall–Kier alpha value is -1.36. The van der Waals surface area contributed by atoms with Crippen LogP contribution in [0.2, 0.25) is 5.15 Å². The number of aliphatic hydroxyl groups is 1. The highest BCUT2D eigenvalue weighted by molar-refractivity contribution is 6.29. The molecular weight excluding hydrogens is 336 g/mol. The van der Waals surface area contributed by atoms with Crippen molar-refractivity contribution in [1.29, 1.82) is 0 Å². The van der Waals surface area contributed by atoms with E-state index in [0.29, 0.717) is 5.15 Å². The molecule has 0 saturated heterocycles. The van der Waals surface area contributed by atoms with Gasteiger partial charge in [-0.2, -0.15) is 0 Å². The van der Waals surface area contributed by atoms with Crippen LogP contribution in [0.15, 0.2) is 18.2 Å². The molecule has 0 fully saturated rings. The Morgan fingerprint density at radius 1 is 1.28 bits per heavy atom. The van der Waals surface area contributed by atoms with Gasteiger partial charge in [-0.15, -0.1) is 0 Å². The molecule has 1 aliphatic heterocycles. The largest absolute Gasteiger partial charge is 0.485 e. The summed E-state index contributed by atoms with van der Waals surface area (Å²) < 4.78 is 6.13. The highest BCUT2D eigenvalue weighted by Crippen LogP contribution is 2.42. The van der Waals surface area contributed by atoms with Crippen LogP contribution in [0.5, 0.6) is 5.75 Å². The van der Waals surface area contributed by atoms with Crippen molar-refractivity contribution in [2.45, 2.75) is 64.7 Å². The van der Waals surface area contributed by atoms with Gasteiger partial charge in [0.2, 0.25) is 0 Å². The molecule has 136 valence electrons. The van der Waals surface area contributed by atoms with E-state index in [9.17, 15) is 5.11 Å². The zero-order valence-electron chi connectivity index (χ0n) is 15.4. The number of nitrogens with zero attached hydrogens (tertiary/aromatic N) is 1. The second-order valence-corrected chi connectivity index (χ2v) is 7.85. The molecule has 2 N–H and O–H groups in total. The second-order valence-electron chi connectivity index (χ2n) is 7.46. The van der Waals surface area contributed by atoms with Crippen molar-refractivity contribution in [2.24, 2.45) is 0 Å². The van der Waals surface area contributed by atoms with Crippen LogP contribution < -0.4 is 10.1 Å². The van der Waals surface area contributed by atoms with Crippen LogP contribution in [0.25, 0.3) is 10.9 Å². The molecule has 2 unspecified atom stereocenters. The van der Waals surface area contributed by atoms with Gasteiger partial charge in [-0.1, -0.05) is 31.4 Å². The number of aliphatic hydroxyl groups excluding tert-OH is 1. The molecule has 0 bridgehead atoms. The Balaban J connectivity index is 2.03. The third kappa shape index (κ3) is 3.62.